The molecule has 0 aliphatic rings. The van der Waals surface area contributed by atoms with Gasteiger partial charge in [0, 0.05) is 12.7 Å². The van der Waals surface area contributed by atoms with Gasteiger partial charge in [-0.3, -0.25) is 0 Å². The molecule has 0 bridgehead atoms. The topological polar surface area (TPSA) is 44.8 Å². The van der Waals surface area contributed by atoms with Crippen LogP contribution in [0.5, 0.6) is 0 Å². The van der Waals surface area contributed by atoms with Gasteiger partial charge in [-0.15, -0.1) is 0 Å². The van der Waals surface area contributed by atoms with Crippen molar-refractivity contribution in [3.63, 3.8) is 0 Å². The Morgan fingerprint density at radius 1 is 1.38 bits per heavy atom. The minimum Gasteiger partial charge on any atom is -0.467 e. The number of methoxy groups -OCH3 is 2. The summed E-state index contributed by atoms with van der Waals surface area (Å²) in [7, 11) is 2.63. The van der Waals surface area contributed by atoms with E-state index in [-0.39, 0.29) is 12.4 Å². The molecular weight excluding hydrogens is 215 g/mol. The summed E-state index contributed by atoms with van der Waals surface area (Å²) in [6.45, 7) is -0.117. The van der Waals surface area contributed by atoms with Gasteiger partial charge in [0.05, 0.1) is 7.11 Å². The fourth-order valence-corrected chi connectivity index (χ4v) is 1.22. The van der Waals surface area contributed by atoms with Crippen LogP contribution in [-0.2, 0) is 19.0 Å². The molecule has 1 aromatic rings. The molecule has 5 heteroatoms. The molecule has 0 aliphatic heterocycles. The molecule has 0 saturated heterocycles. The summed E-state index contributed by atoms with van der Waals surface area (Å²) in [5.41, 5.74) is 0.131. The average molecular weight is 228 g/mol. The van der Waals surface area contributed by atoms with Crippen molar-refractivity contribution in [2.24, 2.45) is 0 Å². The average Bonchev–Trinajstić information content (AvgIpc) is 2.31. The fraction of sp³-hybridized carbons (Fsp3) is 0.364. The van der Waals surface area contributed by atoms with E-state index in [0.29, 0.717) is 0 Å². The van der Waals surface area contributed by atoms with Gasteiger partial charge in [-0.05, 0) is 6.07 Å². The van der Waals surface area contributed by atoms with E-state index < -0.39 is 17.9 Å². The van der Waals surface area contributed by atoms with Gasteiger partial charge >= 0.3 is 5.97 Å². The predicted molar refractivity (Wildman–Crippen MR) is 54.1 cm³/mol. The second kappa shape index (κ2) is 6.19. The first-order chi connectivity index (χ1) is 7.70. The van der Waals surface area contributed by atoms with Gasteiger partial charge in [-0.25, -0.2) is 9.18 Å². The first kappa shape index (κ1) is 12.6. The monoisotopic (exact) mass is 228 g/mol. The van der Waals surface area contributed by atoms with Crippen LogP contribution in [0.3, 0.4) is 0 Å². The van der Waals surface area contributed by atoms with Crippen LogP contribution >= 0.6 is 0 Å². The molecule has 0 N–H and O–H groups in total. The molecule has 0 aromatic heterocycles. The van der Waals surface area contributed by atoms with Gasteiger partial charge in [0.15, 0.2) is 6.10 Å². The molecule has 0 radical (unpaired) electrons. The summed E-state index contributed by atoms with van der Waals surface area (Å²) in [6.07, 6.45) is -1.11. The molecule has 1 aromatic carbocycles. The second-order valence-corrected chi connectivity index (χ2v) is 3.00. The van der Waals surface area contributed by atoms with Crippen LogP contribution in [-0.4, -0.2) is 27.0 Å². The third kappa shape index (κ3) is 3.01. The molecule has 0 heterocycles. The lowest BCUT2D eigenvalue weighted by atomic mass is 10.1. The molecule has 0 amide bonds. The molecule has 0 saturated carbocycles. The zero-order valence-electron chi connectivity index (χ0n) is 9.10. The first-order valence-electron chi connectivity index (χ1n) is 4.63. The van der Waals surface area contributed by atoms with Gasteiger partial charge in [0.25, 0.3) is 0 Å². The summed E-state index contributed by atoms with van der Waals surface area (Å²) >= 11 is 0. The lowest BCUT2D eigenvalue weighted by Crippen LogP contribution is -2.19. The summed E-state index contributed by atoms with van der Waals surface area (Å²) < 4.78 is 27.7. The SMILES string of the molecule is COCOC(C(=O)OC)c1ccccc1F. The lowest BCUT2D eigenvalue weighted by molar-refractivity contribution is -0.163. The molecule has 16 heavy (non-hydrogen) atoms. The highest BCUT2D eigenvalue weighted by molar-refractivity contribution is 5.76. The number of esters is 1. The Morgan fingerprint density at radius 3 is 2.62 bits per heavy atom. The van der Waals surface area contributed by atoms with E-state index in [1.165, 1.54) is 32.4 Å². The van der Waals surface area contributed by atoms with Crippen LogP contribution in [0.4, 0.5) is 4.39 Å². The third-order valence-electron chi connectivity index (χ3n) is 1.96. The van der Waals surface area contributed by atoms with Crippen molar-refractivity contribution in [3.05, 3.63) is 35.6 Å². The summed E-state index contributed by atoms with van der Waals surface area (Å²) in [4.78, 5) is 11.4. The Bertz CT molecular complexity index is 354. The van der Waals surface area contributed by atoms with Crippen LogP contribution in [0.2, 0.25) is 0 Å². The maximum Gasteiger partial charge on any atom is 0.339 e. The van der Waals surface area contributed by atoms with Gasteiger partial charge in [0.2, 0.25) is 0 Å². The van der Waals surface area contributed by atoms with Crippen molar-refractivity contribution in [3.8, 4) is 0 Å². The maximum atomic E-state index is 13.4. The minimum atomic E-state index is -1.11. The number of hydrogen-bond donors (Lipinski definition) is 0. The maximum absolute atomic E-state index is 13.4. The molecular formula is C11H13FO4. The van der Waals surface area contributed by atoms with E-state index >= 15 is 0 Å². The highest BCUT2D eigenvalue weighted by Gasteiger charge is 2.24. The van der Waals surface area contributed by atoms with Crippen molar-refractivity contribution in [2.75, 3.05) is 21.0 Å². The summed E-state index contributed by atoms with van der Waals surface area (Å²) in [5, 5.41) is 0. The van der Waals surface area contributed by atoms with E-state index in [1.807, 2.05) is 0 Å². The smallest absolute Gasteiger partial charge is 0.339 e. The fourth-order valence-electron chi connectivity index (χ4n) is 1.22. The van der Waals surface area contributed by atoms with Crippen LogP contribution in [0.15, 0.2) is 24.3 Å². The van der Waals surface area contributed by atoms with Gasteiger partial charge in [-0.1, -0.05) is 18.2 Å². The van der Waals surface area contributed by atoms with Crippen molar-refractivity contribution < 1.29 is 23.4 Å². The molecule has 1 unspecified atom stereocenters. The number of benzene rings is 1. The predicted octanol–water partition coefficient (Wildman–Crippen LogP) is 1.66. The van der Waals surface area contributed by atoms with E-state index in [1.54, 1.807) is 6.07 Å². The van der Waals surface area contributed by atoms with Crippen molar-refractivity contribution >= 4 is 5.97 Å². The number of carbonyl (C=O) groups excluding carboxylic acids is 1. The van der Waals surface area contributed by atoms with Gasteiger partial charge < -0.3 is 14.2 Å². The number of carbonyl (C=O) groups is 1. The largest absolute Gasteiger partial charge is 0.467 e. The molecule has 88 valence electrons. The molecule has 4 nitrogen and oxygen atoms in total. The van der Waals surface area contributed by atoms with E-state index in [0.717, 1.165) is 0 Å². The van der Waals surface area contributed by atoms with Crippen LogP contribution < -0.4 is 0 Å². The highest BCUT2D eigenvalue weighted by Crippen LogP contribution is 2.21. The quantitative estimate of drug-likeness (QED) is 0.568. The molecule has 0 spiro atoms. The van der Waals surface area contributed by atoms with Crippen LogP contribution in [0.1, 0.15) is 11.7 Å². The zero-order chi connectivity index (χ0) is 12.0. The van der Waals surface area contributed by atoms with E-state index in [4.69, 9.17) is 4.74 Å². The zero-order valence-corrected chi connectivity index (χ0v) is 9.10. The molecule has 1 atom stereocenters. The minimum absolute atomic E-state index is 0.117. The van der Waals surface area contributed by atoms with E-state index in [2.05, 4.69) is 9.47 Å². The van der Waals surface area contributed by atoms with Crippen LogP contribution in [0.25, 0.3) is 0 Å². The Labute approximate surface area is 92.9 Å². The second-order valence-electron chi connectivity index (χ2n) is 3.00. The molecule has 0 aliphatic carbocycles. The Hall–Kier alpha value is -1.46. The van der Waals surface area contributed by atoms with E-state index in [9.17, 15) is 9.18 Å². The third-order valence-corrected chi connectivity index (χ3v) is 1.96. The lowest BCUT2D eigenvalue weighted by Gasteiger charge is -2.15. The number of rotatable bonds is 5. The summed E-state index contributed by atoms with van der Waals surface area (Å²) in [6, 6.07) is 5.86. The normalized spacial score (nSPS) is 12.2. The number of hydrogen-bond acceptors (Lipinski definition) is 4. The standard InChI is InChI=1S/C11H13FO4/c1-14-7-16-10(11(13)15-2)8-5-3-4-6-9(8)12/h3-6,10H,7H2,1-2H3. The number of halogens is 1. The van der Waals surface area contributed by atoms with Crippen LogP contribution in [0, 0.1) is 5.82 Å². The number of ether oxygens (including phenoxy) is 3. The Kier molecular flexibility index (Phi) is 4.88. The summed E-state index contributed by atoms with van der Waals surface area (Å²) in [5.74, 6) is -1.18. The van der Waals surface area contributed by atoms with Gasteiger partial charge in [0.1, 0.15) is 12.6 Å². The Balaban J connectivity index is 2.92. The van der Waals surface area contributed by atoms with Crippen molar-refractivity contribution in [1.82, 2.24) is 0 Å². The highest BCUT2D eigenvalue weighted by atomic mass is 19.1. The van der Waals surface area contributed by atoms with Gasteiger partial charge in [-0.2, -0.15) is 0 Å². The molecule has 1 rings (SSSR count). The Morgan fingerprint density at radius 2 is 2.06 bits per heavy atom. The first-order valence-corrected chi connectivity index (χ1v) is 4.63. The van der Waals surface area contributed by atoms with Crippen molar-refractivity contribution in [1.29, 1.82) is 0 Å². The molecule has 0 fully saturated rings. The van der Waals surface area contributed by atoms with Crippen molar-refractivity contribution in [2.45, 2.75) is 6.10 Å².